The van der Waals surface area contributed by atoms with Crippen molar-refractivity contribution in [1.82, 2.24) is 4.98 Å². The first-order valence-electron chi connectivity index (χ1n) is 9.23. The molecule has 0 spiro atoms. The van der Waals surface area contributed by atoms with Crippen LogP contribution in [0.1, 0.15) is 51.7 Å². The van der Waals surface area contributed by atoms with E-state index in [0.29, 0.717) is 0 Å². The van der Waals surface area contributed by atoms with Gasteiger partial charge in [-0.3, -0.25) is 9.78 Å². The first-order valence-corrected chi connectivity index (χ1v) is 9.23. The van der Waals surface area contributed by atoms with Gasteiger partial charge in [0.25, 0.3) is 0 Å². The van der Waals surface area contributed by atoms with Crippen molar-refractivity contribution < 1.29 is 4.79 Å². The zero-order chi connectivity index (χ0) is 18.1. The molecular weight excluding hydrogens is 308 g/mol. The minimum Gasteiger partial charge on any atom is -0.326 e. The normalized spacial score (nSPS) is 20.1. The predicted octanol–water partition coefficient (Wildman–Crippen LogP) is 5.07. The van der Waals surface area contributed by atoms with Crippen LogP contribution in [0.5, 0.6) is 0 Å². The Morgan fingerprint density at radius 2 is 1.56 bits per heavy atom. The number of anilines is 1. The highest BCUT2D eigenvalue weighted by Crippen LogP contribution is 2.72. The number of pyridine rings is 1. The van der Waals surface area contributed by atoms with E-state index in [4.69, 9.17) is 0 Å². The van der Waals surface area contributed by atoms with Gasteiger partial charge in [0.15, 0.2) is 0 Å². The third-order valence-electron chi connectivity index (χ3n) is 6.38. The third kappa shape index (κ3) is 3.08. The van der Waals surface area contributed by atoms with Gasteiger partial charge < -0.3 is 5.32 Å². The van der Waals surface area contributed by atoms with Crippen LogP contribution in [0.4, 0.5) is 5.69 Å². The van der Waals surface area contributed by atoms with Crippen molar-refractivity contribution in [2.24, 2.45) is 16.7 Å². The Morgan fingerprint density at radius 1 is 1.00 bits per heavy atom. The smallest absolute Gasteiger partial charge is 0.228 e. The summed E-state index contributed by atoms with van der Waals surface area (Å²) in [6.07, 6.45) is 6.62. The Hall–Kier alpha value is -2.16. The van der Waals surface area contributed by atoms with Gasteiger partial charge in [-0.2, -0.15) is 0 Å². The summed E-state index contributed by atoms with van der Waals surface area (Å²) in [7, 11) is 0. The molecule has 132 valence electrons. The average molecular weight is 336 g/mol. The summed E-state index contributed by atoms with van der Waals surface area (Å²) in [5.74, 6) is 0.266. The van der Waals surface area contributed by atoms with Crippen molar-refractivity contribution in [3.63, 3.8) is 0 Å². The van der Waals surface area contributed by atoms with Gasteiger partial charge in [0.1, 0.15) is 0 Å². The Morgan fingerprint density at radius 3 is 2.08 bits per heavy atom. The minimum atomic E-state index is 0.0852. The van der Waals surface area contributed by atoms with Gasteiger partial charge in [-0.25, -0.2) is 0 Å². The summed E-state index contributed by atoms with van der Waals surface area (Å²) in [6, 6.07) is 12.2. The van der Waals surface area contributed by atoms with Crippen LogP contribution in [0.25, 0.3) is 0 Å². The van der Waals surface area contributed by atoms with Gasteiger partial charge in [-0.05, 0) is 65.5 Å². The van der Waals surface area contributed by atoms with Gasteiger partial charge in [0.05, 0.1) is 5.92 Å². The lowest BCUT2D eigenvalue weighted by molar-refractivity contribution is -0.118. The molecule has 1 saturated carbocycles. The Bertz CT molecular complexity index is 730. The van der Waals surface area contributed by atoms with Gasteiger partial charge in [-0.15, -0.1) is 0 Å². The monoisotopic (exact) mass is 336 g/mol. The lowest BCUT2D eigenvalue weighted by Crippen LogP contribution is -2.18. The number of hydrogen-bond acceptors (Lipinski definition) is 2. The van der Waals surface area contributed by atoms with Crippen molar-refractivity contribution in [3.05, 3.63) is 59.9 Å². The summed E-state index contributed by atoms with van der Waals surface area (Å²) in [5.41, 5.74) is 3.59. The number of carbonyl (C=O) groups excluding carboxylic acids is 1. The SMILES string of the molecule is CCC1(CC)C(C(=O)Nc2ccc(Cc3ccncc3)cc2)C1(C)C. The molecule has 2 aromatic rings. The van der Waals surface area contributed by atoms with Crippen LogP contribution in [0.3, 0.4) is 0 Å². The number of carbonyl (C=O) groups is 1. The summed E-state index contributed by atoms with van der Waals surface area (Å²) in [4.78, 5) is 16.8. The van der Waals surface area contributed by atoms with E-state index in [9.17, 15) is 4.79 Å². The second-order valence-electron chi connectivity index (χ2n) is 7.74. The molecule has 1 aliphatic rings. The molecule has 1 aromatic carbocycles. The van der Waals surface area contributed by atoms with E-state index in [1.165, 1.54) is 11.1 Å². The van der Waals surface area contributed by atoms with E-state index in [-0.39, 0.29) is 22.7 Å². The van der Waals surface area contributed by atoms with Crippen LogP contribution in [-0.4, -0.2) is 10.9 Å². The molecule has 1 aliphatic carbocycles. The first-order chi connectivity index (χ1) is 11.9. The highest BCUT2D eigenvalue weighted by atomic mass is 16.2. The molecule has 1 atom stereocenters. The highest BCUT2D eigenvalue weighted by molar-refractivity contribution is 5.96. The van der Waals surface area contributed by atoms with E-state index in [0.717, 1.165) is 24.9 Å². The number of amides is 1. The van der Waals surface area contributed by atoms with Crippen LogP contribution in [-0.2, 0) is 11.2 Å². The molecule has 0 aliphatic heterocycles. The molecule has 0 bridgehead atoms. The van der Waals surface area contributed by atoms with Crippen molar-refractivity contribution in [2.45, 2.75) is 47.0 Å². The van der Waals surface area contributed by atoms with Crippen LogP contribution >= 0.6 is 0 Å². The maximum absolute atomic E-state index is 12.8. The molecule has 1 aromatic heterocycles. The quantitative estimate of drug-likeness (QED) is 0.800. The van der Waals surface area contributed by atoms with Gasteiger partial charge in [-0.1, -0.05) is 39.8 Å². The zero-order valence-corrected chi connectivity index (χ0v) is 15.7. The summed E-state index contributed by atoms with van der Waals surface area (Å²) < 4.78 is 0. The van der Waals surface area contributed by atoms with Gasteiger partial charge in [0, 0.05) is 18.1 Å². The van der Waals surface area contributed by atoms with Crippen molar-refractivity contribution >= 4 is 11.6 Å². The fraction of sp³-hybridized carbons (Fsp3) is 0.455. The lowest BCUT2D eigenvalue weighted by atomic mass is 9.90. The number of benzene rings is 1. The fourth-order valence-electron chi connectivity index (χ4n) is 4.75. The average Bonchev–Trinajstić information content (AvgIpc) is 3.13. The maximum atomic E-state index is 12.8. The van der Waals surface area contributed by atoms with E-state index >= 15 is 0 Å². The number of hydrogen-bond donors (Lipinski definition) is 1. The molecule has 1 amide bonds. The fourth-order valence-corrected chi connectivity index (χ4v) is 4.75. The maximum Gasteiger partial charge on any atom is 0.228 e. The lowest BCUT2D eigenvalue weighted by Gasteiger charge is -2.15. The molecule has 0 saturated heterocycles. The van der Waals surface area contributed by atoms with E-state index in [2.05, 4.69) is 50.1 Å². The first kappa shape index (κ1) is 17.7. The molecule has 3 heteroatoms. The Labute approximate surface area is 150 Å². The molecule has 25 heavy (non-hydrogen) atoms. The largest absolute Gasteiger partial charge is 0.326 e. The number of rotatable bonds is 6. The topological polar surface area (TPSA) is 42.0 Å². The second-order valence-corrected chi connectivity index (χ2v) is 7.74. The van der Waals surface area contributed by atoms with Crippen LogP contribution in [0.2, 0.25) is 0 Å². The van der Waals surface area contributed by atoms with E-state index in [1.54, 1.807) is 0 Å². The highest BCUT2D eigenvalue weighted by Gasteiger charge is 2.71. The Balaban J connectivity index is 1.65. The minimum absolute atomic E-state index is 0.0852. The molecule has 1 fully saturated rings. The number of nitrogens with one attached hydrogen (secondary N) is 1. The van der Waals surface area contributed by atoms with E-state index < -0.39 is 0 Å². The van der Waals surface area contributed by atoms with Crippen LogP contribution < -0.4 is 5.32 Å². The zero-order valence-electron chi connectivity index (χ0n) is 15.7. The van der Waals surface area contributed by atoms with E-state index in [1.807, 2.05) is 36.7 Å². The summed E-state index contributed by atoms with van der Waals surface area (Å²) >= 11 is 0. The van der Waals surface area contributed by atoms with Crippen molar-refractivity contribution in [3.8, 4) is 0 Å². The standard InChI is InChI=1S/C22H28N2O/c1-5-22(6-2)19(21(22,3)4)20(25)24-18-9-7-16(8-10-18)15-17-11-13-23-14-12-17/h7-14,19H,5-6,15H2,1-4H3,(H,24,25). The predicted molar refractivity (Wildman–Crippen MR) is 102 cm³/mol. The molecule has 0 radical (unpaired) electrons. The van der Waals surface area contributed by atoms with Crippen LogP contribution in [0, 0.1) is 16.7 Å². The van der Waals surface area contributed by atoms with Crippen molar-refractivity contribution in [1.29, 1.82) is 0 Å². The Kier molecular flexibility index (Phi) is 4.68. The second kappa shape index (κ2) is 6.62. The molecule has 3 nitrogen and oxygen atoms in total. The third-order valence-corrected chi connectivity index (χ3v) is 6.38. The molecular formula is C22H28N2O. The molecule has 1 heterocycles. The number of nitrogens with zero attached hydrogens (tertiary/aromatic N) is 1. The molecule has 1 unspecified atom stereocenters. The van der Waals surface area contributed by atoms with Gasteiger partial charge >= 0.3 is 0 Å². The van der Waals surface area contributed by atoms with Gasteiger partial charge in [0.2, 0.25) is 5.91 Å². The molecule has 1 N–H and O–H groups in total. The summed E-state index contributed by atoms with van der Waals surface area (Å²) in [5, 5.41) is 3.13. The summed E-state index contributed by atoms with van der Waals surface area (Å²) in [6.45, 7) is 8.85. The molecule has 3 rings (SSSR count). The van der Waals surface area contributed by atoms with Crippen LogP contribution in [0.15, 0.2) is 48.8 Å². The van der Waals surface area contributed by atoms with Crippen molar-refractivity contribution in [2.75, 3.05) is 5.32 Å². The number of aromatic nitrogens is 1.